The highest BCUT2D eigenvalue weighted by Crippen LogP contribution is 2.48. The van der Waals surface area contributed by atoms with Crippen LogP contribution in [0.2, 0.25) is 0 Å². The Hall–Kier alpha value is -1.07. The van der Waals surface area contributed by atoms with Crippen LogP contribution >= 0.6 is 0 Å². The van der Waals surface area contributed by atoms with Gasteiger partial charge in [0.1, 0.15) is 10.6 Å². The number of aromatic hydroxyl groups is 1. The summed E-state index contributed by atoms with van der Waals surface area (Å²) < 4.78 is 29.4. The maximum Gasteiger partial charge on any atom is 0.179 e. The lowest BCUT2D eigenvalue weighted by atomic mass is 9.79. The molecule has 1 fully saturated rings. The maximum atomic E-state index is 11.7. The average molecular weight is 282 g/mol. The van der Waals surface area contributed by atoms with Crippen molar-refractivity contribution in [1.82, 2.24) is 0 Å². The van der Waals surface area contributed by atoms with Gasteiger partial charge >= 0.3 is 0 Å². The lowest BCUT2D eigenvalue weighted by Crippen LogP contribution is -2.28. The van der Waals surface area contributed by atoms with Crippen molar-refractivity contribution in [3.05, 3.63) is 23.3 Å². The van der Waals surface area contributed by atoms with Gasteiger partial charge in [-0.3, -0.25) is 0 Å². The van der Waals surface area contributed by atoms with Gasteiger partial charge in [0.2, 0.25) is 0 Å². The molecule has 1 heterocycles. The van der Waals surface area contributed by atoms with Gasteiger partial charge in [0, 0.05) is 6.26 Å². The molecule has 0 unspecified atom stereocenters. The first kappa shape index (κ1) is 12.9. The number of phenolic OH excluding ortho intramolecular Hbond substituents is 1. The Morgan fingerprint density at radius 2 is 1.89 bits per heavy atom. The largest absolute Gasteiger partial charge is 0.507 e. The number of ether oxygens (including phenoxy) is 1. The summed E-state index contributed by atoms with van der Waals surface area (Å²) in [6.45, 7) is 0.465. The van der Waals surface area contributed by atoms with Crippen LogP contribution in [0, 0.1) is 0 Å². The zero-order valence-corrected chi connectivity index (χ0v) is 11.8. The van der Waals surface area contributed by atoms with Gasteiger partial charge in [-0.1, -0.05) is 19.3 Å². The first-order valence-electron chi connectivity index (χ1n) is 6.63. The first-order chi connectivity index (χ1) is 8.92. The summed E-state index contributed by atoms with van der Waals surface area (Å²) in [7, 11) is -3.42. The smallest absolute Gasteiger partial charge is 0.179 e. The van der Waals surface area contributed by atoms with E-state index in [1.54, 1.807) is 12.1 Å². The molecule has 0 saturated heterocycles. The first-order valence-corrected chi connectivity index (χ1v) is 8.52. The predicted octanol–water partition coefficient (Wildman–Crippen LogP) is 2.49. The van der Waals surface area contributed by atoms with Gasteiger partial charge < -0.3 is 9.84 Å². The van der Waals surface area contributed by atoms with E-state index in [1.807, 2.05) is 0 Å². The van der Waals surface area contributed by atoms with Crippen molar-refractivity contribution in [2.24, 2.45) is 0 Å². The van der Waals surface area contributed by atoms with Crippen LogP contribution in [0.1, 0.15) is 43.2 Å². The Labute approximate surface area is 113 Å². The number of rotatable bonds is 1. The van der Waals surface area contributed by atoms with Crippen molar-refractivity contribution in [3.63, 3.8) is 0 Å². The molecular formula is C14H18O4S. The van der Waals surface area contributed by atoms with E-state index in [9.17, 15) is 13.5 Å². The number of hydrogen-bond acceptors (Lipinski definition) is 4. The fraction of sp³-hybridized carbons (Fsp3) is 0.571. The number of sulfone groups is 1. The van der Waals surface area contributed by atoms with E-state index >= 15 is 0 Å². The molecule has 5 heteroatoms. The monoisotopic (exact) mass is 282 g/mol. The summed E-state index contributed by atoms with van der Waals surface area (Å²) in [5, 5.41) is 9.86. The fourth-order valence-corrected chi connectivity index (χ4v) is 4.05. The molecule has 0 atom stereocenters. The summed E-state index contributed by atoms with van der Waals surface area (Å²) in [6.07, 6.45) is 6.42. The highest BCUT2D eigenvalue weighted by molar-refractivity contribution is 7.90. The fourth-order valence-electron chi connectivity index (χ4n) is 3.28. The molecule has 2 aliphatic rings. The van der Waals surface area contributed by atoms with Crippen molar-refractivity contribution in [3.8, 4) is 5.75 Å². The third-order valence-electron chi connectivity index (χ3n) is 4.24. The summed E-state index contributed by atoms with van der Waals surface area (Å²) in [5.41, 5.74) is 1.57. The number of hydrogen-bond donors (Lipinski definition) is 1. The van der Waals surface area contributed by atoms with Crippen molar-refractivity contribution >= 4 is 9.84 Å². The Morgan fingerprint density at radius 3 is 2.53 bits per heavy atom. The van der Waals surface area contributed by atoms with Crippen molar-refractivity contribution in [2.45, 2.75) is 49.2 Å². The lowest BCUT2D eigenvalue weighted by Gasteiger charge is -2.33. The molecule has 1 aromatic rings. The van der Waals surface area contributed by atoms with Gasteiger partial charge in [0.25, 0.3) is 0 Å². The second-order valence-electron chi connectivity index (χ2n) is 5.59. The van der Waals surface area contributed by atoms with E-state index in [0.717, 1.165) is 43.1 Å². The Kier molecular flexibility index (Phi) is 2.87. The summed E-state index contributed by atoms with van der Waals surface area (Å²) >= 11 is 0. The standard InChI is InChI=1S/C14H18O4S/c1-19(16,17)13-8-11-10(7-12(13)15)9-18-14(11)5-3-2-4-6-14/h7-8,15H,2-6,9H2,1H3. The molecular weight excluding hydrogens is 264 g/mol. The minimum Gasteiger partial charge on any atom is -0.507 e. The molecule has 0 amide bonds. The van der Waals surface area contributed by atoms with Crippen LogP contribution in [-0.2, 0) is 26.8 Å². The van der Waals surface area contributed by atoms with Gasteiger partial charge in [0.05, 0.1) is 12.2 Å². The molecule has 19 heavy (non-hydrogen) atoms. The van der Waals surface area contributed by atoms with E-state index in [0.29, 0.717) is 6.61 Å². The molecule has 1 N–H and O–H groups in total. The van der Waals surface area contributed by atoms with Crippen molar-refractivity contribution in [1.29, 1.82) is 0 Å². The van der Waals surface area contributed by atoms with Gasteiger partial charge in [0.15, 0.2) is 9.84 Å². The van der Waals surface area contributed by atoms with Crippen LogP contribution in [0.5, 0.6) is 5.75 Å². The number of phenols is 1. The molecule has 1 spiro atoms. The highest BCUT2D eigenvalue weighted by atomic mass is 32.2. The minimum atomic E-state index is -3.42. The van der Waals surface area contributed by atoms with E-state index in [-0.39, 0.29) is 16.2 Å². The summed E-state index contributed by atoms with van der Waals surface area (Å²) in [6, 6.07) is 3.17. The number of fused-ring (bicyclic) bond motifs is 2. The molecule has 3 rings (SSSR count). The highest BCUT2D eigenvalue weighted by Gasteiger charge is 2.41. The van der Waals surface area contributed by atoms with E-state index in [1.165, 1.54) is 6.42 Å². The van der Waals surface area contributed by atoms with Gasteiger partial charge in [-0.25, -0.2) is 8.42 Å². The topological polar surface area (TPSA) is 63.6 Å². The second-order valence-corrected chi connectivity index (χ2v) is 7.58. The third kappa shape index (κ3) is 2.05. The SMILES string of the molecule is CS(=O)(=O)c1cc2c(cc1O)COC21CCCCC1. The van der Waals surface area contributed by atoms with Crippen LogP contribution in [0.4, 0.5) is 0 Å². The van der Waals surface area contributed by atoms with Gasteiger partial charge in [-0.05, 0) is 36.1 Å². The quantitative estimate of drug-likeness (QED) is 0.859. The van der Waals surface area contributed by atoms with Crippen LogP contribution < -0.4 is 0 Å². The van der Waals surface area contributed by atoms with E-state index in [2.05, 4.69) is 0 Å². The van der Waals surface area contributed by atoms with E-state index < -0.39 is 9.84 Å². The summed E-state index contributed by atoms with van der Waals surface area (Å²) in [5.74, 6) is -0.169. The van der Waals surface area contributed by atoms with Crippen LogP contribution in [0.3, 0.4) is 0 Å². The summed E-state index contributed by atoms with van der Waals surface area (Å²) in [4.78, 5) is 0.0155. The van der Waals surface area contributed by atoms with Gasteiger partial charge in [-0.15, -0.1) is 0 Å². The van der Waals surface area contributed by atoms with Crippen molar-refractivity contribution in [2.75, 3.05) is 6.26 Å². The molecule has 1 aliphatic heterocycles. The Balaban J connectivity index is 2.15. The molecule has 0 radical (unpaired) electrons. The normalized spacial score (nSPS) is 21.5. The van der Waals surface area contributed by atoms with Crippen LogP contribution in [-0.4, -0.2) is 19.8 Å². The average Bonchev–Trinajstić information content (AvgIpc) is 2.66. The van der Waals surface area contributed by atoms with Crippen LogP contribution in [0.25, 0.3) is 0 Å². The molecule has 0 aromatic heterocycles. The predicted molar refractivity (Wildman–Crippen MR) is 70.8 cm³/mol. The minimum absolute atomic E-state index is 0.0155. The molecule has 1 aromatic carbocycles. The zero-order valence-electron chi connectivity index (χ0n) is 11.0. The third-order valence-corrected chi connectivity index (χ3v) is 5.37. The van der Waals surface area contributed by atoms with Gasteiger partial charge in [-0.2, -0.15) is 0 Å². The lowest BCUT2D eigenvalue weighted by molar-refractivity contribution is -0.0638. The Morgan fingerprint density at radius 1 is 1.21 bits per heavy atom. The molecule has 1 aliphatic carbocycles. The van der Waals surface area contributed by atoms with E-state index in [4.69, 9.17) is 4.74 Å². The Bertz CT molecular complexity index is 613. The zero-order chi connectivity index (χ0) is 13.7. The number of benzene rings is 1. The molecule has 1 saturated carbocycles. The molecule has 4 nitrogen and oxygen atoms in total. The molecule has 104 valence electrons. The molecule has 0 bridgehead atoms. The maximum absolute atomic E-state index is 11.7. The second kappa shape index (κ2) is 4.21. The van der Waals surface area contributed by atoms with Crippen molar-refractivity contribution < 1.29 is 18.3 Å². The van der Waals surface area contributed by atoms with Crippen LogP contribution in [0.15, 0.2) is 17.0 Å².